The number of rotatable bonds is 0. The van der Waals surface area contributed by atoms with Gasteiger partial charge in [-0.1, -0.05) is 7.43 Å². The van der Waals surface area contributed by atoms with E-state index in [1.165, 1.54) is 4.90 Å². The van der Waals surface area contributed by atoms with Gasteiger partial charge >= 0.3 is 6.09 Å². The van der Waals surface area contributed by atoms with Crippen LogP contribution in [0.15, 0.2) is 0 Å². The number of ether oxygens (including phenoxy) is 3. The van der Waals surface area contributed by atoms with Crippen molar-refractivity contribution in [3.63, 3.8) is 0 Å². The topological polar surface area (TPSA) is 100 Å². The van der Waals surface area contributed by atoms with Gasteiger partial charge in [0.2, 0.25) is 0 Å². The van der Waals surface area contributed by atoms with Gasteiger partial charge in [-0.2, -0.15) is 0 Å². The summed E-state index contributed by atoms with van der Waals surface area (Å²) >= 11 is 0. The van der Waals surface area contributed by atoms with Gasteiger partial charge in [-0.15, -0.1) is 12.4 Å². The maximum absolute atomic E-state index is 11.8. The maximum atomic E-state index is 11.8. The van der Waals surface area contributed by atoms with Gasteiger partial charge in [0.05, 0.1) is 32.0 Å². The predicted molar refractivity (Wildman–Crippen MR) is 108 cm³/mol. The molecule has 8 nitrogen and oxygen atoms in total. The molecule has 0 spiro atoms. The maximum Gasteiger partial charge on any atom is 0.410 e. The molecule has 2 rings (SSSR count). The van der Waals surface area contributed by atoms with E-state index in [9.17, 15) is 9.90 Å². The number of carbonyl (C=O) groups is 1. The highest BCUT2D eigenvalue weighted by molar-refractivity contribution is 5.85. The molecule has 0 radical (unpaired) electrons. The summed E-state index contributed by atoms with van der Waals surface area (Å²) in [5.74, 6) is 0. The second-order valence-electron chi connectivity index (χ2n) is 7.24. The molecule has 0 aromatic rings. The van der Waals surface area contributed by atoms with E-state index in [1.807, 2.05) is 20.8 Å². The fourth-order valence-electron chi connectivity index (χ4n) is 2.26. The molecule has 3 N–H and O–H groups in total. The number of nitrogens with one attached hydrogen (secondary N) is 1. The zero-order valence-electron chi connectivity index (χ0n) is 16.1. The molecule has 2 unspecified atom stereocenters. The van der Waals surface area contributed by atoms with Crippen molar-refractivity contribution in [2.45, 2.75) is 58.8 Å². The first kappa shape index (κ1) is 28.6. The predicted octanol–water partition coefficient (Wildman–Crippen LogP) is 1.42. The van der Waals surface area contributed by atoms with Crippen molar-refractivity contribution < 1.29 is 29.2 Å². The van der Waals surface area contributed by atoms with E-state index in [0.717, 1.165) is 19.6 Å². The lowest BCUT2D eigenvalue weighted by atomic mass is 10.2. The van der Waals surface area contributed by atoms with Crippen LogP contribution in [-0.4, -0.2) is 91.6 Å². The molecule has 164 valence electrons. The molecule has 0 aromatic heterocycles. The Morgan fingerprint density at radius 1 is 1.07 bits per heavy atom. The summed E-state index contributed by atoms with van der Waals surface area (Å²) in [7, 11) is 0. The normalized spacial score (nSPS) is 24.3. The number of hydrogen-bond acceptors (Lipinski definition) is 7. The van der Waals surface area contributed by atoms with Crippen LogP contribution in [0.1, 0.15) is 41.0 Å². The Bertz CT molecular complexity index is 373. The minimum atomic E-state index is -0.534. The Labute approximate surface area is 169 Å². The molecule has 27 heavy (non-hydrogen) atoms. The minimum absolute atomic E-state index is 0. The van der Waals surface area contributed by atoms with Crippen LogP contribution < -0.4 is 5.32 Å². The number of amides is 1. The molecule has 0 bridgehead atoms. The van der Waals surface area contributed by atoms with Gasteiger partial charge in [-0.05, 0) is 33.6 Å². The molecule has 2 fully saturated rings. The Morgan fingerprint density at radius 2 is 1.67 bits per heavy atom. The highest BCUT2D eigenvalue weighted by Gasteiger charge is 2.24. The van der Waals surface area contributed by atoms with Gasteiger partial charge in [0.15, 0.2) is 0 Å². The summed E-state index contributed by atoms with van der Waals surface area (Å²) in [6, 6.07) is 0. The van der Waals surface area contributed by atoms with Gasteiger partial charge in [0.25, 0.3) is 0 Å². The average molecular weight is 415 g/mol. The number of nitrogens with zero attached hydrogens (tertiary/aromatic N) is 1. The van der Waals surface area contributed by atoms with Gasteiger partial charge in [-0.25, -0.2) is 4.79 Å². The second kappa shape index (κ2) is 15.3. The molecule has 2 atom stereocenters. The monoisotopic (exact) mass is 414 g/mol. The number of halogens is 1. The third-order valence-electron chi connectivity index (χ3n) is 3.58. The fraction of sp³-hybridized carbons (Fsp3) is 0.944. The Hall–Kier alpha value is -0.640. The van der Waals surface area contributed by atoms with E-state index in [4.69, 9.17) is 19.3 Å². The second-order valence-corrected chi connectivity index (χ2v) is 7.24. The van der Waals surface area contributed by atoms with E-state index in [1.54, 1.807) is 0 Å². The van der Waals surface area contributed by atoms with Crippen molar-refractivity contribution in [2.24, 2.45) is 0 Å². The standard InChI is InChI=1S/C11H21NO4.C6H13NO2.CH4.ClH/c1-11(2,3)16-10(14)12-5-7-15-6-4-9(13)8-12;8-6-1-3-9-4-2-7-5-6;;/h9,13H,4-8H2,1-3H3;6-8H,1-5H2;1H4;1H. The average Bonchev–Trinajstić information content (AvgIpc) is 2.45. The van der Waals surface area contributed by atoms with Crippen LogP contribution in [0.25, 0.3) is 0 Å². The summed E-state index contributed by atoms with van der Waals surface area (Å²) in [5, 5.41) is 21.7. The lowest BCUT2D eigenvalue weighted by Gasteiger charge is -2.30. The van der Waals surface area contributed by atoms with Crippen LogP contribution in [0.3, 0.4) is 0 Å². The Morgan fingerprint density at radius 3 is 2.30 bits per heavy atom. The molecule has 0 aromatic carbocycles. The quantitative estimate of drug-likeness (QED) is 0.551. The Balaban J connectivity index is 0. The van der Waals surface area contributed by atoms with Crippen LogP contribution in [0.4, 0.5) is 4.79 Å². The molecular formula is C18H39ClN2O6. The van der Waals surface area contributed by atoms with E-state index < -0.39 is 17.8 Å². The van der Waals surface area contributed by atoms with E-state index in [2.05, 4.69) is 5.32 Å². The SMILES string of the molecule is C.CC(C)(C)OC(=O)N1CCOCCC(O)C1.Cl.OC1CCOCCNC1. The molecule has 9 heteroatoms. The molecule has 2 heterocycles. The van der Waals surface area contributed by atoms with E-state index >= 15 is 0 Å². The largest absolute Gasteiger partial charge is 0.444 e. The molecule has 0 saturated carbocycles. The fourth-order valence-corrected chi connectivity index (χ4v) is 2.26. The summed E-state index contributed by atoms with van der Waals surface area (Å²) in [6.45, 7) is 10.3. The van der Waals surface area contributed by atoms with Gasteiger partial charge in [-0.3, -0.25) is 0 Å². The zero-order valence-corrected chi connectivity index (χ0v) is 16.9. The molecular weight excluding hydrogens is 376 g/mol. The minimum Gasteiger partial charge on any atom is -0.444 e. The van der Waals surface area contributed by atoms with Crippen LogP contribution in [0.2, 0.25) is 0 Å². The first-order chi connectivity index (χ1) is 11.8. The number of aliphatic hydroxyl groups is 2. The number of carbonyl (C=O) groups excluding carboxylic acids is 1. The summed E-state index contributed by atoms with van der Waals surface area (Å²) in [5.41, 5.74) is -0.509. The number of hydrogen-bond donors (Lipinski definition) is 3. The van der Waals surface area contributed by atoms with E-state index in [-0.39, 0.29) is 25.9 Å². The zero-order chi connectivity index (χ0) is 18.7. The number of β-amino-alcohol motifs (C(OH)–C–C–N with tert-alkyl or cyclic N) is 2. The lowest BCUT2D eigenvalue weighted by molar-refractivity contribution is -0.0111. The van der Waals surface area contributed by atoms with Crippen molar-refractivity contribution in [3.05, 3.63) is 0 Å². The van der Waals surface area contributed by atoms with Gasteiger partial charge < -0.3 is 34.6 Å². The van der Waals surface area contributed by atoms with Crippen molar-refractivity contribution >= 4 is 18.5 Å². The molecule has 0 aliphatic carbocycles. The third kappa shape index (κ3) is 15.0. The van der Waals surface area contributed by atoms with Crippen molar-refractivity contribution in [1.82, 2.24) is 10.2 Å². The van der Waals surface area contributed by atoms with Crippen LogP contribution in [-0.2, 0) is 14.2 Å². The lowest BCUT2D eigenvalue weighted by Crippen LogP contribution is -2.44. The highest BCUT2D eigenvalue weighted by atomic mass is 35.5. The first-order valence-electron chi connectivity index (χ1n) is 8.98. The third-order valence-corrected chi connectivity index (χ3v) is 3.58. The molecule has 1 amide bonds. The van der Waals surface area contributed by atoms with Crippen LogP contribution >= 0.6 is 12.4 Å². The summed E-state index contributed by atoms with van der Waals surface area (Å²) in [6.07, 6.45) is 0.168. The number of aliphatic hydroxyl groups excluding tert-OH is 2. The first-order valence-corrected chi connectivity index (χ1v) is 8.98. The Kier molecular flexibility index (Phi) is 16.2. The van der Waals surface area contributed by atoms with Gasteiger partial charge in [0, 0.05) is 32.8 Å². The van der Waals surface area contributed by atoms with E-state index in [0.29, 0.717) is 45.9 Å². The van der Waals surface area contributed by atoms with Gasteiger partial charge in [0.1, 0.15) is 5.60 Å². The molecule has 2 saturated heterocycles. The van der Waals surface area contributed by atoms with Crippen molar-refractivity contribution in [3.8, 4) is 0 Å². The van der Waals surface area contributed by atoms with Crippen molar-refractivity contribution in [1.29, 1.82) is 0 Å². The summed E-state index contributed by atoms with van der Waals surface area (Å²) in [4.78, 5) is 13.3. The van der Waals surface area contributed by atoms with Crippen LogP contribution in [0.5, 0.6) is 0 Å². The summed E-state index contributed by atoms with van der Waals surface area (Å²) < 4.78 is 15.6. The van der Waals surface area contributed by atoms with Crippen molar-refractivity contribution in [2.75, 3.05) is 52.6 Å². The molecule has 2 aliphatic rings. The molecule has 2 aliphatic heterocycles. The van der Waals surface area contributed by atoms with Crippen LogP contribution in [0, 0.1) is 0 Å². The highest BCUT2D eigenvalue weighted by Crippen LogP contribution is 2.11. The smallest absolute Gasteiger partial charge is 0.410 e.